The van der Waals surface area contributed by atoms with Crippen molar-refractivity contribution in [3.8, 4) is 0 Å². The zero-order valence-electron chi connectivity index (χ0n) is 11.3. The van der Waals surface area contributed by atoms with Crippen molar-refractivity contribution < 1.29 is 9.50 Å². The van der Waals surface area contributed by atoms with Crippen molar-refractivity contribution in [2.75, 3.05) is 0 Å². The topological polar surface area (TPSA) is 70.9 Å². The molecule has 0 aliphatic carbocycles. The number of aliphatic hydroxyl groups excluding tert-OH is 1. The van der Waals surface area contributed by atoms with Gasteiger partial charge in [-0.1, -0.05) is 19.1 Å². The van der Waals surface area contributed by atoms with Gasteiger partial charge in [0.2, 0.25) is 0 Å². The minimum atomic E-state index is -0.793. The summed E-state index contributed by atoms with van der Waals surface area (Å²) in [6.07, 6.45) is -0.0217. The van der Waals surface area contributed by atoms with Crippen LogP contribution in [0.2, 0.25) is 0 Å². The lowest BCUT2D eigenvalue weighted by Crippen LogP contribution is -2.17. The first kappa shape index (κ1) is 14.8. The van der Waals surface area contributed by atoms with Gasteiger partial charge in [-0.05, 0) is 36.7 Å². The summed E-state index contributed by atoms with van der Waals surface area (Å²) >= 11 is 1.04. The van der Waals surface area contributed by atoms with E-state index in [2.05, 4.69) is 10.2 Å². The lowest BCUT2D eigenvalue weighted by atomic mass is 10.1. The molecule has 0 fully saturated rings. The standard InChI is InChI=1S/C13H16FN3O2S/c1-3-7-17-12(19)15-16-13(17)20-11-9(8(2)18)5-4-6-10(11)14/h4-6,8,18H,3,7H2,1-2H3,(H,15,19). The summed E-state index contributed by atoms with van der Waals surface area (Å²) < 4.78 is 15.4. The fourth-order valence-corrected chi connectivity index (χ4v) is 2.94. The number of aliphatic hydroxyl groups is 1. The maximum absolute atomic E-state index is 14.0. The molecule has 108 valence electrons. The first-order chi connectivity index (χ1) is 9.54. The van der Waals surface area contributed by atoms with Crippen molar-refractivity contribution >= 4 is 11.8 Å². The molecule has 2 N–H and O–H groups in total. The molecular formula is C13H16FN3O2S. The highest BCUT2D eigenvalue weighted by molar-refractivity contribution is 7.99. The largest absolute Gasteiger partial charge is 0.389 e. The molecule has 1 heterocycles. The molecule has 0 spiro atoms. The number of aromatic nitrogens is 3. The maximum atomic E-state index is 14.0. The summed E-state index contributed by atoms with van der Waals surface area (Å²) in [5.41, 5.74) is 0.165. The lowest BCUT2D eigenvalue weighted by molar-refractivity contribution is 0.195. The van der Waals surface area contributed by atoms with E-state index >= 15 is 0 Å². The highest BCUT2D eigenvalue weighted by Crippen LogP contribution is 2.33. The third kappa shape index (κ3) is 2.94. The molecule has 0 bridgehead atoms. The van der Waals surface area contributed by atoms with E-state index < -0.39 is 11.9 Å². The van der Waals surface area contributed by atoms with Crippen LogP contribution >= 0.6 is 11.8 Å². The van der Waals surface area contributed by atoms with Crippen molar-refractivity contribution in [3.05, 3.63) is 40.1 Å². The quantitative estimate of drug-likeness (QED) is 0.888. The van der Waals surface area contributed by atoms with Gasteiger partial charge in [0.25, 0.3) is 0 Å². The minimum Gasteiger partial charge on any atom is -0.389 e. The first-order valence-corrected chi connectivity index (χ1v) is 7.15. The Balaban J connectivity index is 2.42. The average molecular weight is 297 g/mol. The van der Waals surface area contributed by atoms with Gasteiger partial charge in [-0.15, -0.1) is 5.10 Å². The van der Waals surface area contributed by atoms with Crippen LogP contribution in [0.5, 0.6) is 0 Å². The molecular weight excluding hydrogens is 281 g/mol. The van der Waals surface area contributed by atoms with Crippen molar-refractivity contribution in [2.24, 2.45) is 0 Å². The van der Waals surface area contributed by atoms with E-state index in [1.807, 2.05) is 6.92 Å². The number of halogens is 1. The Hall–Kier alpha value is -1.60. The molecule has 0 aliphatic heterocycles. The van der Waals surface area contributed by atoms with Crippen LogP contribution in [0.1, 0.15) is 31.9 Å². The van der Waals surface area contributed by atoms with Crippen LogP contribution in [0.4, 0.5) is 4.39 Å². The van der Waals surface area contributed by atoms with E-state index in [0.29, 0.717) is 22.2 Å². The zero-order chi connectivity index (χ0) is 14.7. The molecule has 20 heavy (non-hydrogen) atoms. The van der Waals surface area contributed by atoms with Gasteiger partial charge >= 0.3 is 5.69 Å². The molecule has 0 amide bonds. The molecule has 5 nitrogen and oxygen atoms in total. The Morgan fingerprint density at radius 2 is 2.30 bits per heavy atom. The SMILES string of the molecule is CCCn1c(Sc2c(F)cccc2C(C)O)n[nH]c1=O. The van der Waals surface area contributed by atoms with Gasteiger partial charge in [0.15, 0.2) is 5.16 Å². The second-order valence-electron chi connectivity index (χ2n) is 4.40. The van der Waals surface area contributed by atoms with E-state index in [-0.39, 0.29) is 5.69 Å². The summed E-state index contributed by atoms with van der Waals surface area (Å²) in [4.78, 5) is 11.9. The number of aromatic amines is 1. The van der Waals surface area contributed by atoms with Gasteiger partial charge in [-0.2, -0.15) is 0 Å². The van der Waals surface area contributed by atoms with E-state index in [4.69, 9.17) is 0 Å². The minimum absolute atomic E-state index is 0.291. The molecule has 0 saturated carbocycles. The summed E-state index contributed by atoms with van der Waals surface area (Å²) in [6, 6.07) is 4.53. The monoisotopic (exact) mass is 297 g/mol. The van der Waals surface area contributed by atoms with Gasteiger partial charge < -0.3 is 5.11 Å². The predicted molar refractivity (Wildman–Crippen MR) is 74.3 cm³/mol. The number of rotatable bonds is 5. The molecule has 0 aliphatic rings. The van der Waals surface area contributed by atoms with E-state index in [1.54, 1.807) is 19.1 Å². The molecule has 1 unspecified atom stereocenters. The van der Waals surface area contributed by atoms with Gasteiger partial charge in [-0.3, -0.25) is 4.57 Å². The predicted octanol–water partition coefficient (Wildman–Crippen LogP) is 2.32. The highest BCUT2D eigenvalue weighted by Gasteiger charge is 2.17. The fraction of sp³-hybridized carbons (Fsp3) is 0.385. The fourth-order valence-electron chi connectivity index (χ4n) is 1.86. The van der Waals surface area contributed by atoms with Crippen molar-refractivity contribution in [3.63, 3.8) is 0 Å². The van der Waals surface area contributed by atoms with Gasteiger partial charge in [0.05, 0.1) is 11.0 Å². The summed E-state index contributed by atoms with van der Waals surface area (Å²) in [5, 5.41) is 16.4. The van der Waals surface area contributed by atoms with Gasteiger partial charge in [-0.25, -0.2) is 14.3 Å². The molecule has 0 radical (unpaired) electrons. The Bertz CT molecular complexity index is 651. The number of hydrogen-bond donors (Lipinski definition) is 2. The normalized spacial score (nSPS) is 12.6. The number of H-pyrrole nitrogens is 1. The molecule has 2 rings (SSSR count). The van der Waals surface area contributed by atoms with Crippen LogP contribution in [-0.4, -0.2) is 19.9 Å². The summed E-state index contributed by atoms with van der Waals surface area (Å²) in [6.45, 7) is 4.02. The van der Waals surface area contributed by atoms with Crippen LogP contribution in [0.3, 0.4) is 0 Å². The van der Waals surface area contributed by atoms with Crippen molar-refractivity contribution in [2.45, 2.75) is 43.0 Å². The second-order valence-corrected chi connectivity index (χ2v) is 5.38. The van der Waals surface area contributed by atoms with Crippen LogP contribution in [0.15, 0.2) is 33.0 Å². The highest BCUT2D eigenvalue weighted by atomic mass is 32.2. The average Bonchev–Trinajstić information content (AvgIpc) is 2.74. The Kier molecular flexibility index (Phi) is 4.61. The molecule has 7 heteroatoms. The van der Waals surface area contributed by atoms with E-state index in [9.17, 15) is 14.3 Å². The van der Waals surface area contributed by atoms with E-state index in [1.165, 1.54) is 10.6 Å². The number of benzene rings is 1. The van der Waals surface area contributed by atoms with Crippen LogP contribution in [-0.2, 0) is 6.54 Å². The van der Waals surface area contributed by atoms with E-state index in [0.717, 1.165) is 18.2 Å². The Morgan fingerprint density at radius 3 is 2.95 bits per heavy atom. The maximum Gasteiger partial charge on any atom is 0.343 e. The number of nitrogens with zero attached hydrogens (tertiary/aromatic N) is 2. The molecule has 0 saturated heterocycles. The van der Waals surface area contributed by atoms with Gasteiger partial charge in [0, 0.05) is 6.54 Å². The van der Waals surface area contributed by atoms with Crippen molar-refractivity contribution in [1.29, 1.82) is 0 Å². The third-order valence-electron chi connectivity index (χ3n) is 2.81. The molecule has 1 atom stereocenters. The Morgan fingerprint density at radius 1 is 1.55 bits per heavy atom. The number of nitrogens with one attached hydrogen (secondary N) is 1. The first-order valence-electron chi connectivity index (χ1n) is 6.34. The molecule has 1 aromatic carbocycles. The molecule has 2 aromatic rings. The lowest BCUT2D eigenvalue weighted by Gasteiger charge is -2.12. The van der Waals surface area contributed by atoms with Gasteiger partial charge in [0.1, 0.15) is 5.82 Å². The molecule has 1 aromatic heterocycles. The van der Waals surface area contributed by atoms with Crippen LogP contribution in [0, 0.1) is 5.82 Å². The third-order valence-corrected chi connectivity index (χ3v) is 3.94. The summed E-state index contributed by atoms with van der Waals surface area (Å²) in [5.74, 6) is -0.438. The zero-order valence-corrected chi connectivity index (χ0v) is 12.1. The second kappa shape index (κ2) is 6.23. The Labute approximate surface area is 119 Å². The van der Waals surface area contributed by atoms with Crippen LogP contribution < -0.4 is 5.69 Å². The van der Waals surface area contributed by atoms with Crippen molar-refractivity contribution in [1.82, 2.24) is 14.8 Å². The number of hydrogen-bond acceptors (Lipinski definition) is 4. The smallest absolute Gasteiger partial charge is 0.343 e. The van der Waals surface area contributed by atoms with Crippen LogP contribution in [0.25, 0.3) is 0 Å². The summed E-state index contributed by atoms with van der Waals surface area (Å²) in [7, 11) is 0.